The summed E-state index contributed by atoms with van der Waals surface area (Å²) < 4.78 is 5.49. The van der Waals surface area contributed by atoms with Crippen molar-refractivity contribution < 1.29 is 19.4 Å². The number of aliphatic hydroxyl groups excluding tert-OH is 1. The molecule has 1 fully saturated rings. The van der Waals surface area contributed by atoms with Gasteiger partial charge in [0.05, 0.1) is 18.2 Å². The van der Waals surface area contributed by atoms with Crippen LogP contribution in [0.4, 0.5) is 17.1 Å². The van der Waals surface area contributed by atoms with Crippen molar-refractivity contribution in [3.8, 4) is 5.75 Å². The van der Waals surface area contributed by atoms with E-state index < -0.39 is 17.7 Å². The number of nitrogens with zero attached hydrogens (tertiary/aromatic N) is 3. The van der Waals surface area contributed by atoms with E-state index >= 15 is 0 Å². The number of ether oxygens (including phenoxy) is 1. The highest BCUT2D eigenvalue weighted by Gasteiger charge is 2.47. The first-order chi connectivity index (χ1) is 17.2. The minimum atomic E-state index is -0.780. The molecule has 3 aromatic carbocycles. The Morgan fingerprint density at radius 1 is 0.833 bits per heavy atom. The zero-order valence-corrected chi connectivity index (χ0v) is 21.2. The zero-order valence-electron chi connectivity index (χ0n) is 21.2. The van der Waals surface area contributed by atoms with Crippen molar-refractivity contribution in [2.45, 2.75) is 13.0 Å². The van der Waals surface area contributed by atoms with E-state index in [4.69, 9.17) is 4.74 Å². The maximum Gasteiger partial charge on any atom is 0.300 e. The van der Waals surface area contributed by atoms with Crippen LogP contribution in [0, 0.1) is 0 Å². The molecule has 0 aromatic heterocycles. The van der Waals surface area contributed by atoms with Gasteiger partial charge >= 0.3 is 0 Å². The van der Waals surface area contributed by atoms with Crippen molar-refractivity contribution in [3.63, 3.8) is 0 Å². The Morgan fingerprint density at radius 2 is 1.36 bits per heavy atom. The van der Waals surface area contributed by atoms with E-state index in [9.17, 15) is 14.7 Å². The Morgan fingerprint density at radius 3 is 1.86 bits per heavy atom. The van der Waals surface area contributed by atoms with E-state index in [0.29, 0.717) is 23.6 Å². The summed E-state index contributed by atoms with van der Waals surface area (Å²) in [5, 5.41) is 11.3. The highest BCUT2D eigenvalue weighted by Crippen LogP contribution is 2.42. The van der Waals surface area contributed by atoms with Crippen molar-refractivity contribution in [2.75, 3.05) is 49.5 Å². The Labute approximate surface area is 211 Å². The summed E-state index contributed by atoms with van der Waals surface area (Å²) in [5.74, 6) is -0.960. The highest BCUT2D eigenvalue weighted by molar-refractivity contribution is 6.51. The number of hydrogen-bond acceptors (Lipinski definition) is 6. The molecule has 0 radical (unpaired) electrons. The van der Waals surface area contributed by atoms with Crippen LogP contribution in [0.15, 0.2) is 78.4 Å². The van der Waals surface area contributed by atoms with Crippen LogP contribution in [-0.4, -0.2) is 51.6 Å². The van der Waals surface area contributed by atoms with Crippen LogP contribution in [0.25, 0.3) is 5.76 Å². The van der Waals surface area contributed by atoms with E-state index in [-0.39, 0.29) is 11.3 Å². The smallest absolute Gasteiger partial charge is 0.300 e. The quantitative estimate of drug-likeness (QED) is 0.293. The Balaban J connectivity index is 1.86. The first kappa shape index (κ1) is 24.9. The van der Waals surface area contributed by atoms with Crippen molar-refractivity contribution in [3.05, 3.63) is 89.5 Å². The van der Waals surface area contributed by atoms with Gasteiger partial charge in [0.1, 0.15) is 11.5 Å². The molecule has 3 aromatic rings. The molecule has 0 saturated carbocycles. The zero-order chi connectivity index (χ0) is 26.0. The van der Waals surface area contributed by atoms with Gasteiger partial charge in [-0.25, -0.2) is 0 Å². The molecule has 1 atom stereocenters. The first-order valence-electron chi connectivity index (χ1n) is 11.8. The van der Waals surface area contributed by atoms with Crippen molar-refractivity contribution >= 4 is 34.5 Å². The number of aliphatic hydroxyl groups is 1. The largest absolute Gasteiger partial charge is 0.507 e. The SMILES string of the molecule is CCOc1ccc(/C(O)=C2/C(=O)C(=O)N(c3ccc(N(C)C)cc3)C2c2ccc(N(C)C)cc2)cc1. The number of anilines is 3. The van der Waals surface area contributed by atoms with Gasteiger partial charge in [0.2, 0.25) is 0 Å². The molecule has 1 aliphatic rings. The lowest BCUT2D eigenvalue weighted by Crippen LogP contribution is -2.29. The average molecular weight is 486 g/mol. The molecule has 1 unspecified atom stereocenters. The summed E-state index contributed by atoms with van der Waals surface area (Å²) in [6, 6.07) is 21.1. The molecule has 186 valence electrons. The Bertz CT molecular complexity index is 1280. The second kappa shape index (κ2) is 10.2. The number of rotatable bonds is 7. The maximum absolute atomic E-state index is 13.4. The fourth-order valence-corrected chi connectivity index (χ4v) is 4.31. The molecule has 1 N–H and O–H groups in total. The van der Waals surface area contributed by atoms with Gasteiger partial charge in [-0.05, 0) is 73.2 Å². The van der Waals surface area contributed by atoms with E-state index in [0.717, 1.165) is 16.9 Å². The van der Waals surface area contributed by atoms with Gasteiger partial charge in [-0.2, -0.15) is 0 Å². The second-order valence-electron chi connectivity index (χ2n) is 9.02. The summed E-state index contributed by atoms with van der Waals surface area (Å²) >= 11 is 0. The topological polar surface area (TPSA) is 73.3 Å². The van der Waals surface area contributed by atoms with Crippen molar-refractivity contribution in [2.24, 2.45) is 0 Å². The standard InChI is InChI=1S/C29H31N3O4/c1-6-36-24-17-9-20(10-18-24)27(33)25-26(19-7-11-21(12-8-19)30(2)3)32(29(35)28(25)34)23-15-13-22(14-16-23)31(4)5/h7-18,26,33H,6H2,1-5H3/b27-25-. The molecule has 1 amide bonds. The van der Waals surface area contributed by atoms with Crippen LogP contribution < -0.4 is 19.4 Å². The van der Waals surface area contributed by atoms with Gasteiger partial charge in [-0.15, -0.1) is 0 Å². The molecule has 0 bridgehead atoms. The molecule has 1 aliphatic heterocycles. The first-order valence-corrected chi connectivity index (χ1v) is 11.8. The van der Waals surface area contributed by atoms with Crippen LogP contribution in [0.5, 0.6) is 5.75 Å². The van der Waals surface area contributed by atoms with Gasteiger partial charge in [-0.3, -0.25) is 14.5 Å². The number of carbonyl (C=O) groups is 2. The van der Waals surface area contributed by atoms with Crippen LogP contribution in [0.2, 0.25) is 0 Å². The predicted molar refractivity (Wildman–Crippen MR) is 144 cm³/mol. The van der Waals surface area contributed by atoms with Gasteiger partial charge < -0.3 is 19.6 Å². The molecule has 1 heterocycles. The molecule has 36 heavy (non-hydrogen) atoms. The van der Waals surface area contributed by atoms with Gasteiger partial charge in [0, 0.05) is 50.8 Å². The number of carbonyl (C=O) groups excluding carboxylic acids is 2. The molecular formula is C29H31N3O4. The summed E-state index contributed by atoms with van der Waals surface area (Å²) in [7, 11) is 7.76. The monoisotopic (exact) mass is 485 g/mol. The highest BCUT2D eigenvalue weighted by atomic mass is 16.5. The molecular weight excluding hydrogens is 454 g/mol. The van der Waals surface area contributed by atoms with Gasteiger partial charge in [0.15, 0.2) is 0 Å². The molecule has 7 nitrogen and oxygen atoms in total. The fourth-order valence-electron chi connectivity index (χ4n) is 4.31. The third-order valence-corrected chi connectivity index (χ3v) is 6.25. The summed E-state index contributed by atoms with van der Waals surface area (Å²) in [5.41, 5.74) is 3.75. The summed E-state index contributed by atoms with van der Waals surface area (Å²) in [6.07, 6.45) is 0. The van der Waals surface area contributed by atoms with Crippen molar-refractivity contribution in [1.82, 2.24) is 0 Å². The second-order valence-corrected chi connectivity index (χ2v) is 9.02. The summed E-state index contributed by atoms with van der Waals surface area (Å²) in [6.45, 7) is 2.41. The number of amides is 1. The summed E-state index contributed by atoms with van der Waals surface area (Å²) in [4.78, 5) is 32.1. The molecule has 0 spiro atoms. The van der Waals surface area contributed by atoms with E-state index in [1.54, 1.807) is 24.3 Å². The Hall–Kier alpha value is -4.26. The van der Waals surface area contributed by atoms with E-state index in [1.165, 1.54) is 4.90 Å². The number of benzene rings is 3. The fraction of sp³-hybridized carbons (Fsp3) is 0.241. The third-order valence-electron chi connectivity index (χ3n) is 6.25. The lowest BCUT2D eigenvalue weighted by atomic mass is 9.95. The van der Waals surface area contributed by atoms with Gasteiger partial charge in [0.25, 0.3) is 11.7 Å². The molecule has 4 rings (SSSR count). The molecule has 0 aliphatic carbocycles. The maximum atomic E-state index is 13.4. The molecule has 1 saturated heterocycles. The van der Waals surface area contributed by atoms with Crippen LogP contribution in [-0.2, 0) is 9.59 Å². The lowest BCUT2D eigenvalue weighted by molar-refractivity contribution is -0.132. The minimum absolute atomic E-state index is 0.0541. The van der Waals surface area contributed by atoms with Gasteiger partial charge in [-0.1, -0.05) is 12.1 Å². The van der Waals surface area contributed by atoms with Crippen LogP contribution >= 0.6 is 0 Å². The number of Topliss-reactive ketones (excluding diaryl/α,β-unsaturated/α-hetero) is 1. The third kappa shape index (κ3) is 4.64. The van der Waals surface area contributed by atoms with E-state index in [1.807, 2.05) is 93.4 Å². The number of ketones is 1. The average Bonchev–Trinajstić information content (AvgIpc) is 3.14. The van der Waals surface area contributed by atoms with E-state index in [2.05, 4.69) is 0 Å². The lowest BCUT2D eigenvalue weighted by Gasteiger charge is -2.26. The predicted octanol–water partition coefficient (Wildman–Crippen LogP) is 4.84. The van der Waals surface area contributed by atoms with Crippen molar-refractivity contribution in [1.29, 1.82) is 0 Å². The number of hydrogen-bond donors (Lipinski definition) is 1. The van der Waals surface area contributed by atoms with Crippen LogP contribution in [0.1, 0.15) is 24.1 Å². The van der Waals surface area contributed by atoms with Crippen LogP contribution in [0.3, 0.4) is 0 Å². The minimum Gasteiger partial charge on any atom is -0.507 e. The molecule has 7 heteroatoms. The normalized spacial score (nSPS) is 16.8. The Kier molecular flexibility index (Phi) is 7.01.